The monoisotopic (exact) mass is 365 g/mol. The molecule has 2 aromatic rings. The number of hydrogen-bond donors (Lipinski definition) is 0. The summed E-state index contributed by atoms with van der Waals surface area (Å²) in [5, 5.41) is 0. The Morgan fingerprint density at radius 1 is 1.00 bits per heavy atom. The van der Waals surface area contributed by atoms with Gasteiger partial charge in [-0.3, -0.25) is 4.79 Å². The van der Waals surface area contributed by atoms with Gasteiger partial charge >= 0.3 is 5.97 Å². The van der Waals surface area contributed by atoms with Gasteiger partial charge in [0.05, 0.1) is 13.2 Å². The van der Waals surface area contributed by atoms with Crippen LogP contribution in [0.3, 0.4) is 0 Å². The highest BCUT2D eigenvalue weighted by molar-refractivity contribution is 5.86. The minimum atomic E-state index is -0.515. The Kier molecular flexibility index (Phi) is 5.64. The van der Waals surface area contributed by atoms with Crippen molar-refractivity contribution in [3.63, 3.8) is 0 Å². The molecule has 1 heterocycles. The smallest absolute Gasteiger partial charge is 0.328 e. The van der Waals surface area contributed by atoms with Crippen molar-refractivity contribution in [2.45, 2.75) is 50.6 Å². The molecule has 0 unspecified atom stereocenters. The third-order valence-corrected chi connectivity index (χ3v) is 5.48. The molecule has 142 valence electrons. The predicted octanol–water partition coefficient (Wildman–Crippen LogP) is 4.26. The van der Waals surface area contributed by atoms with E-state index in [1.807, 2.05) is 60.7 Å². The van der Waals surface area contributed by atoms with Crippen molar-refractivity contribution >= 4 is 11.9 Å². The molecule has 0 spiro atoms. The molecule has 1 fully saturated rings. The summed E-state index contributed by atoms with van der Waals surface area (Å²) in [5.74, 6) is -0.343. The zero-order chi connectivity index (χ0) is 19.4. The number of benzene rings is 2. The number of likely N-dealkylation sites (tertiary alicyclic amines) is 1. The number of esters is 1. The van der Waals surface area contributed by atoms with Gasteiger partial charge in [0, 0.05) is 6.42 Å². The van der Waals surface area contributed by atoms with Crippen molar-refractivity contribution in [2.24, 2.45) is 0 Å². The Bertz CT molecular complexity index is 786. The number of hydrogen-bond acceptors (Lipinski definition) is 3. The van der Waals surface area contributed by atoms with Gasteiger partial charge < -0.3 is 9.64 Å². The summed E-state index contributed by atoms with van der Waals surface area (Å²) >= 11 is 0. The molecule has 0 saturated carbocycles. The molecule has 1 amide bonds. The first kappa shape index (κ1) is 19.2. The van der Waals surface area contributed by atoms with Gasteiger partial charge in [-0.1, -0.05) is 74.5 Å². The topological polar surface area (TPSA) is 46.6 Å². The summed E-state index contributed by atoms with van der Waals surface area (Å²) < 4.78 is 4.98. The Morgan fingerprint density at radius 2 is 1.59 bits per heavy atom. The van der Waals surface area contributed by atoms with Crippen LogP contribution in [0.5, 0.6) is 0 Å². The van der Waals surface area contributed by atoms with Crippen molar-refractivity contribution in [1.29, 1.82) is 0 Å². The van der Waals surface area contributed by atoms with Gasteiger partial charge in [-0.05, 0) is 29.4 Å². The van der Waals surface area contributed by atoms with Crippen LogP contribution in [0.1, 0.15) is 50.3 Å². The van der Waals surface area contributed by atoms with E-state index in [0.29, 0.717) is 12.8 Å². The van der Waals surface area contributed by atoms with Crippen LogP contribution in [-0.4, -0.2) is 29.9 Å². The normalized spacial score (nSPS) is 19.7. The molecule has 27 heavy (non-hydrogen) atoms. The Morgan fingerprint density at radius 3 is 2.19 bits per heavy atom. The number of amides is 1. The van der Waals surface area contributed by atoms with Gasteiger partial charge in [0.1, 0.15) is 6.04 Å². The van der Waals surface area contributed by atoms with Crippen molar-refractivity contribution in [3.8, 4) is 0 Å². The zero-order valence-electron chi connectivity index (χ0n) is 16.2. The third-order valence-electron chi connectivity index (χ3n) is 5.48. The summed E-state index contributed by atoms with van der Waals surface area (Å²) in [6, 6.07) is 19.4. The molecule has 1 aliphatic rings. The first-order chi connectivity index (χ1) is 12.9. The number of ether oxygens (including phenoxy) is 1. The summed E-state index contributed by atoms with van der Waals surface area (Å²) in [6.45, 7) is 4.14. The molecule has 2 atom stereocenters. The zero-order valence-corrected chi connectivity index (χ0v) is 16.2. The van der Waals surface area contributed by atoms with Crippen LogP contribution in [0.4, 0.5) is 0 Å². The van der Waals surface area contributed by atoms with Crippen LogP contribution in [0.15, 0.2) is 60.7 Å². The SMILES string of the molecule is COC(=O)[C@@H]1CC[C@H](c2ccccc2)N1C(=O)CC(C)(C)c1ccccc1. The quantitative estimate of drug-likeness (QED) is 0.744. The lowest BCUT2D eigenvalue weighted by Gasteiger charge is -2.33. The number of methoxy groups -OCH3 is 1. The summed E-state index contributed by atoms with van der Waals surface area (Å²) in [4.78, 5) is 27.4. The number of carbonyl (C=O) groups is 2. The first-order valence-corrected chi connectivity index (χ1v) is 9.43. The lowest BCUT2D eigenvalue weighted by molar-refractivity contribution is -0.152. The molecule has 2 aromatic carbocycles. The highest BCUT2D eigenvalue weighted by atomic mass is 16.5. The maximum absolute atomic E-state index is 13.4. The van der Waals surface area contributed by atoms with Crippen LogP contribution in [-0.2, 0) is 19.7 Å². The molecular formula is C23H27NO3. The number of carbonyl (C=O) groups excluding carboxylic acids is 2. The summed E-state index contributed by atoms with van der Waals surface area (Å²) in [6.07, 6.45) is 1.73. The van der Waals surface area contributed by atoms with Gasteiger partial charge in [-0.2, -0.15) is 0 Å². The lowest BCUT2D eigenvalue weighted by atomic mass is 9.81. The Labute approximate surface area is 161 Å². The van der Waals surface area contributed by atoms with Gasteiger partial charge in [0.15, 0.2) is 0 Å². The second-order valence-electron chi connectivity index (χ2n) is 7.77. The second kappa shape index (κ2) is 7.95. The predicted molar refractivity (Wildman–Crippen MR) is 105 cm³/mol. The van der Waals surface area contributed by atoms with Crippen LogP contribution >= 0.6 is 0 Å². The van der Waals surface area contributed by atoms with Crippen molar-refractivity contribution in [2.75, 3.05) is 7.11 Å². The molecule has 1 saturated heterocycles. The fourth-order valence-corrected chi connectivity index (χ4v) is 3.99. The molecule has 3 rings (SSSR count). The summed E-state index contributed by atoms with van der Waals surface area (Å²) in [5.41, 5.74) is 1.86. The molecule has 0 N–H and O–H groups in total. The van der Waals surface area contributed by atoms with Crippen molar-refractivity contribution < 1.29 is 14.3 Å². The lowest BCUT2D eigenvalue weighted by Crippen LogP contribution is -2.44. The van der Waals surface area contributed by atoms with Gasteiger partial charge in [-0.15, -0.1) is 0 Å². The number of nitrogens with zero attached hydrogens (tertiary/aromatic N) is 1. The van der Waals surface area contributed by atoms with E-state index in [2.05, 4.69) is 13.8 Å². The Hall–Kier alpha value is -2.62. The maximum atomic E-state index is 13.4. The van der Waals surface area contributed by atoms with Crippen LogP contribution in [0, 0.1) is 0 Å². The van der Waals surface area contributed by atoms with Gasteiger partial charge in [-0.25, -0.2) is 4.79 Å². The van der Waals surface area contributed by atoms with E-state index < -0.39 is 6.04 Å². The van der Waals surface area contributed by atoms with E-state index in [0.717, 1.165) is 17.5 Å². The molecule has 0 radical (unpaired) electrons. The fourth-order valence-electron chi connectivity index (χ4n) is 3.99. The van der Waals surface area contributed by atoms with E-state index in [1.54, 1.807) is 4.90 Å². The van der Waals surface area contributed by atoms with E-state index in [9.17, 15) is 9.59 Å². The number of rotatable bonds is 5. The first-order valence-electron chi connectivity index (χ1n) is 9.43. The largest absolute Gasteiger partial charge is 0.467 e. The molecular weight excluding hydrogens is 338 g/mol. The van der Waals surface area contributed by atoms with Crippen molar-refractivity contribution in [3.05, 3.63) is 71.8 Å². The van der Waals surface area contributed by atoms with Gasteiger partial charge in [0.25, 0.3) is 0 Å². The third kappa shape index (κ3) is 4.05. The minimum Gasteiger partial charge on any atom is -0.467 e. The van der Waals surface area contributed by atoms with Gasteiger partial charge in [0.2, 0.25) is 5.91 Å². The highest BCUT2D eigenvalue weighted by Gasteiger charge is 2.43. The molecule has 0 bridgehead atoms. The Balaban J connectivity index is 1.88. The molecule has 1 aliphatic heterocycles. The van der Waals surface area contributed by atoms with E-state index in [1.165, 1.54) is 7.11 Å². The van der Waals surface area contributed by atoms with Crippen molar-refractivity contribution in [1.82, 2.24) is 4.90 Å². The van der Waals surface area contributed by atoms with Crippen LogP contribution in [0.2, 0.25) is 0 Å². The standard InChI is InChI=1S/C23H27NO3/c1-23(2,18-12-8-5-9-13-18)16-21(25)24-19(17-10-6-4-7-11-17)14-15-20(24)22(26)27-3/h4-13,19-20H,14-16H2,1-3H3/t19-,20+/m1/s1. The summed E-state index contributed by atoms with van der Waals surface area (Å²) in [7, 11) is 1.38. The van der Waals surface area contributed by atoms with E-state index in [-0.39, 0.29) is 23.3 Å². The van der Waals surface area contributed by atoms with E-state index in [4.69, 9.17) is 4.74 Å². The average Bonchev–Trinajstić information content (AvgIpc) is 3.14. The molecule has 0 aliphatic carbocycles. The minimum absolute atomic E-state index is 0.00870. The molecule has 4 heteroatoms. The highest BCUT2D eigenvalue weighted by Crippen LogP contribution is 2.39. The van der Waals surface area contributed by atoms with E-state index >= 15 is 0 Å². The second-order valence-corrected chi connectivity index (χ2v) is 7.77. The average molecular weight is 365 g/mol. The van der Waals surface area contributed by atoms with Crippen LogP contribution in [0.25, 0.3) is 0 Å². The molecule has 0 aromatic heterocycles. The van der Waals surface area contributed by atoms with Crippen LogP contribution < -0.4 is 0 Å². The maximum Gasteiger partial charge on any atom is 0.328 e. The molecule has 4 nitrogen and oxygen atoms in total. The fraction of sp³-hybridized carbons (Fsp3) is 0.391.